The Bertz CT molecular complexity index is 296. The van der Waals surface area contributed by atoms with Gasteiger partial charge in [0.1, 0.15) is 5.69 Å². The van der Waals surface area contributed by atoms with E-state index >= 15 is 0 Å². The molecule has 5 heteroatoms. The second-order valence-electron chi connectivity index (χ2n) is 3.21. The van der Waals surface area contributed by atoms with E-state index < -0.39 is 5.79 Å². The molecule has 1 aliphatic heterocycles. The third kappa shape index (κ3) is 1.20. The maximum Gasteiger partial charge on any atom is 0.211 e. The van der Waals surface area contributed by atoms with E-state index in [1.807, 2.05) is 14.0 Å². The molecule has 0 radical (unpaired) electrons. The number of nitrogens with zero attached hydrogens (tertiary/aromatic N) is 2. The van der Waals surface area contributed by atoms with Gasteiger partial charge in [-0.15, -0.1) is 0 Å². The highest BCUT2D eigenvalue weighted by atomic mass is 16.7. The molecular weight excluding hydrogens is 170 g/mol. The Hall–Kier alpha value is -1.07. The van der Waals surface area contributed by atoms with E-state index in [0.29, 0.717) is 18.9 Å². The predicted molar refractivity (Wildman–Crippen MR) is 46.9 cm³/mol. The van der Waals surface area contributed by atoms with Gasteiger partial charge in [0.25, 0.3) is 0 Å². The maximum atomic E-state index is 5.76. The normalized spacial score (nSPS) is 20.8. The Kier molecular flexibility index (Phi) is 1.78. The van der Waals surface area contributed by atoms with Crippen molar-refractivity contribution in [3.63, 3.8) is 0 Å². The van der Waals surface area contributed by atoms with Gasteiger partial charge in [0, 0.05) is 7.05 Å². The molecule has 0 spiro atoms. The third-order valence-corrected chi connectivity index (χ3v) is 2.24. The monoisotopic (exact) mass is 183 g/mol. The lowest BCUT2D eigenvalue weighted by atomic mass is 10.2. The predicted octanol–water partition coefficient (Wildman–Crippen LogP) is 0.222. The van der Waals surface area contributed by atoms with Crippen LogP contribution in [0.15, 0.2) is 6.20 Å². The van der Waals surface area contributed by atoms with E-state index in [1.165, 1.54) is 0 Å². The van der Waals surface area contributed by atoms with E-state index in [2.05, 4.69) is 5.10 Å². The number of nitrogens with two attached hydrogens (primary N) is 1. The molecule has 1 aromatic rings. The number of anilines is 1. The van der Waals surface area contributed by atoms with Gasteiger partial charge in [-0.1, -0.05) is 0 Å². The highest BCUT2D eigenvalue weighted by Crippen LogP contribution is 2.33. The number of aromatic nitrogens is 2. The Balaban J connectivity index is 2.43. The lowest BCUT2D eigenvalue weighted by molar-refractivity contribution is -0.154. The topological polar surface area (TPSA) is 62.3 Å². The quantitative estimate of drug-likeness (QED) is 0.676. The molecule has 1 saturated heterocycles. The molecule has 1 aliphatic rings. The molecule has 0 unspecified atom stereocenters. The van der Waals surface area contributed by atoms with Gasteiger partial charge in [0.05, 0.1) is 25.1 Å². The Morgan fingerprint density at radius 1 is 1.54 bits per heavy atom. The van der Waals surface area contributed by atoms with Crippen molar-refractivity contribution in [2.45, 2.75) is 12.7 Å². The molecule has 0 saturated carbocycles. The van der Waals surface area contributed by atoms with E-state index in [1.54, 1.807) is 10.9 Å². The average Bonchev–Trinajstić information content (AvgIpc) is 2.60. The molecule has 2 heterocycles. The summed E-state index contributed by atoms with van der Waals surface area (Å²) >= 11 is 0. The van der Waals surface area contributed by atoms with E-state index in [0.717, 1.165) is 5.69 Å². The van der Waals surface area contributed by atoms with Crippen molar-refractivity contribution in [2.75, 3.05) is 18.9 Å². The summed E-state index contributed by atoms with van der Waals surface area (Å²) in [5.74, 6) is -0.727. The first-order chi connectivity index (χ1) is 6.13. The van der Waals surface area contributed by atoms with Crippen LogP contribution in [-0.4, -0.2) is 23.0 Å². The zero-order valence-corrected chi connectivity index (χ0v) is 7.78. The van der Waals surface area contributed by atoms with Crippen LogP contribution in [0.25, 0.3) is 0 Å². The maximum absolute atomic E-state index is 5.76. The molecule has 1 aromatic heterocycles. The third-order valence-electron chi connectivity index (χ3n) is 2.24. The highest BCUT2D eigenvalue weighted by molar-refractivity contribution is 5.43. The van der Waals surface area contributed by atoms with E-state index in [9.17, 15) is 0 Å². The fourth-order valence-electron chi connectivity index (χ4n) is 1.66. The number of hydrogen-bond acceptors (Lipinski definition) is 4. The van der Waals surface area contributed by atoms with Gasteiger partial charge in [0.15, 0.2) is 0 Å². The van der Waals surface area contributed by atoms with Gasteiger partial charge in [0.2, 0.25) is 5.79 Å². The number of nitrogen functional groups attached to an aromatic ring is 1. The number of rotatable bonds is 1. The second-order valence-corrected chi connectivity index (χ2v) is 3.21. The summed E-state index contributed by atoms with van der Waals surface area (Å²) < 4.78 is 12.6. The summed E-state index contributed by atoms with van der Waals surface area (Å²) in [5, 5.41) is 4.04. The van der Waals surface area contributed by atoms with Gasteiger partial charge >= 0.3 is 0 Å². The first-order valence-electron chi connectivity index (χ1n) is 4.19. The van der Waals surface area contributed by atoms with Crippen LogP contribution in [0.1, 0.15) is 12.6 Å². The van der Waals surface area contributed by atoms with Crippen molar-refractivity contribution in [2.24, 2.45) is 7.05 Å². The smallest absolute Gasteiger partial charge is 0.211 e. The van der Waals surface area contributed by atoms with Crippen molar-refractivity contribution >= 4 is 5.69 Å². The van der Waals surface area contributed by atoms with Crippen LogP contribution in [0, 0.1) is 0 Å². The molecule has 0 amide bonds. The van der Waals surface area contributed by atoms with E-state index in [4.69, 9.17) is 15.2 Å². The fraction of sp³-hybridized carbons (Fsp3) is 0.625. The number of aryl methyl sites for hydroxylation is 1. The van der Waals surface area contributed by atoms with Crippen molar-refractivity contribution in [3.05, 3.63) is 11.9 Å². The minimum absolute atomic E-state index is 0.598. The SMILES string of the molecule is Cn1ncc(N)c1C1(C)OCCO1. The molecule has 1 fully saturated rings. The zero-order valence-electron chi connectivity index (χ0n) is 7.78. The molecule has 0 aliphatic carbocycles. The molecule has 5 nitrogen and oxygen atoms in total. The molecule has 72 valence electrons. The summed E-state index contributed by atoms with van der Waals surface area (Å²) in [5.41, 5.74) is 7.15. The van der Waals surface area contributed by atoms with Crippen molar-refractivity contribution in [3.8, 4) is 0 Å². The first-order valence-corrected chi connectivity index (χ1v) is 4.19. The standard InChI is InChI=1S/C8H13N3O2/c1-8(12-3-4-13-8)7-6(9)5-10-11(7)2/h5H,3-4,9H2,1-2H3. The van der Waals surface area contributed by atoms with Crippen LogP contribution >= 0.6 is 0 Å². The Labute approximate surface area is 76.4 Å². The molecule has 2 N–H and O–H groups in total. The fourth-order valence-corrected chi connectivity index (χ4v) is 1.66. The molecule has 2 rings (SSSR count). The number of hydrogen-bond donors (Lipinski definition) is 1. The van der Waals surface area contributed by atoms with Crippen molar-refractivity contribution in [1.82, 2.24) is 9.78 Å². The van der Waals surface area contributed by atoms with Crippen molar-refractivity contribution < 1.29 is 9.47 Å². The number of ether oxygens (including phenoxy) is 2. The van der Waals surface area contributed by atoms with Crippen LogP contribution in [0.2, 0.25) is 0 Å². The largest absolute Gasteiger partial charge is 0.396 e. The molecule has 13 heavy (non-hydrogen) atoms. The summed E-state index contributed by atoms with van der Waals surface area (Å²) in [4.78, 5) is 0. The molecular formula is C8H13N3O2. The summed E-state index contributed by atoms with van der Waals surface area (Å²) in [6.07, 6.45) is 1.60. The molecule has 0 atom stereocenters. The van der Waals surface area contributed by atoms with Crippen LogP contribution in [-0.2, 0) is 22.3 Å². The highest BCUT2D eigenvalue weighted by Gasteiger charge is 2.37. The zero-order chi connectivity index (χ0) is 9.47. The van der Waals surface area contributed by atoms with Gasteiger partial charge in [-0.3, -0.25) is 4.68 Å². The molecule has 0 bridgehead atoms. The van der Waals surface area contributed by atoms with Gasteiger partial charge < -0.3 is 15.2 Å². The second kappa shape index (κ2) is 2.71. The Morgan fingerprint density at radius 2 is 2.15 bits per heavy atom. The first kappa shape index (κ1) is 8.52. The minimum atomic E-state index is -0.727. The van der Waals surface area contributed by atoms with E-state index in [-0.39, 0.29) is 0 Å². The van der Waals surface area contributed by atoms with Gasteiger partial charge in [-0.25, -0.2) is 0 Å². The van der Waals surface area contributed by atoms with Gasteiger partial charge in [-0.2, -0.15) is 5.10 Å². The van der Waals surface area contributed by atoms with Crippen LogP contribution < -0.4 is 5.73 Å². The average molecular weight is 183 g/mol. The summed E-state index contributed by atoms with van der Waals surface area (Å²) in [6.45, 7) is 3.05. The van der Waals surface area contributed by atoms with Crippen LogP contribution in [0.4, 0.5) is 5.69 Å². The molecule has 0 aromatic carbocycles. The minimum Gasteiger partial charge on any atom is -0.396 e. The Morgan fingerprint density at radius 3 is 2.62 bits per heavy atom. The van der Waals surface area contributed by atoms with Crippen LogP contribution in [0.5, 0.6) is 0 Å². The lowest BCUT2D eigenvalue weighted by Crippen LogP contribution is -2.26. The van der Waals surface area contributed by atoms with Crippen LogP contribution in [0.3, 0.4) is 0 Å². The summed E-state index contributed by atoms with van der Waals surface area (Å²) in [6, 6.07) is 0. The van der Waals surface area contributed by atoms with Crippen molar-refractivity contribution in [1.29, 1.82) is 0 Å². The summed E-state index contributed by atoms with van der Waals surface area (Å²) in [7, 11) is 1.82. The lowest BCUT2D eigenvalue weighted by Gasteiger charge is -2.22. The van der Waals surface area contributed by atoms with Gasteiger partial charge in [-0.05, 0) is 6.92 Å².